The van der Waals surface area contributed by atoms with Gasteiger partial charge in [-0.2, -0.15) is 18.2 Å². The van der Waals surface area contributed by atoms with Gasteiger partial charge in [-0.15, -0.1) is 0 Å². The smallest absolute Gasteiger partial charge is 0.408 e. The molecule has 1 unspecified atom stereocenters. The van der Waals surface area contributed by atoms with Crippen LogP contribution in [0.15, 0.2) is 30.3 Å². The second kappa shape index (κ2) is 10.3. The molecule has 0 aliphatic carbocycles. The molecule has 36 heavy (non-hydrogen) atoms. The maximum Gasteiger partial charge on any atom is 0.408 e. The highest BCUT2D eigenvalue weighted by Crippen LogP contribution is 2.39. The average Bonchev–Trinajstić information content (AvgIpc) is 3.25. The van der Waals surface area contributed by atoms with Crippen LogP contribution >= 0.6 is 0 Å². The molecule has 11 nitrogen and oxygen atoms in total. The zero-order valence-electron chi connectivity index (χ0n) is 19.3. The van der Waals surface area contributed by atoms with E-state index in [0.29, 0.717) is 25.2 Å². The molecule has 0 spiro atoms. The third kappa shape index (κ3) is 5.55. The van der Waals surface area contributed by atoms with Crippen molar-refractivity contribution in [2.75, 3.05) is 41.4 Å². The van der Waals surface area contributed by atoms with Crippen molar-refractivity contribution in [3.8, 4) is 5.88 Å². The minimum atomic E-state index is -4.59. The van der Waals surface area contributed by atoms with Crippen LogP contribution in [0, 0.1) is 0 Å². The van der Waals surface area contributed by atoms with E-state index < -0.39 is 37.2 Å². The molecule has 2 aliphatic heterocycles. The zero-order valence-corrected chi connectivity index (χ0v) is 19.3. The number of nitrogens with one attached hydrogen (secondary N) is 2. The van der Waals surface area contributed by atoms with Gasteiger partial charge < -0.3 is 40.5 Å². The lowest BCUT2D eigenvalue weighted by Crippen LogP contribution is -2.52. The Kier molecular flexibility index (Phi) is 7.38. The van der Waals surface area contributed by atoms with Gasteiger partial charge in [0.25, 0.3) is 5.91 Å². The van der Waals surface area contributed by atoms with Crippen molar-refractivity contribution in [2.24, 2.45) is 0 Å². The van der Waals surface area contributed by atoms with E-state index in [1.807, 2.05) is 10.2 Å². The molecule has 4 atom stereocenters. The minimum absolute atomic E-state index is 0.154. The van der Waals surface area contributed by atoms with Gasteiger partial charge >= 0.3 is 6.18 Å². The first-order valence-corrected chi connectivity index (χ1v) is 11.3. The number of hydrogen-bond acceptors (Lipinski definition) is 10. The Morgan fingerprint density at radius 1 is 1.25 bits per heavy atom. The second-order valence-corrected chi connectivity index (χ2v) is 8.60. The molecule has 2 aromatic rings. The molecule has 2 bridgehead atoms. The Morgan fingerprint density at radius 3 is 2.75 bits per heavy atom. The monoisotopic (exact) mass is 512 g/mol. The summed E-state index contributed by atoms with van der Waals surface area (Å²) < 4.78 is 44.0. The largest absolute Gasteiger partial charge is 0.475 e. The highest BCUT2D eigenvalue weighted by molar-refractivity contribution is 5.94. The van der Waals surface area contributed by atoms with E-state index in [4.69, 9.17) is 9.84 Å². The molecule has 0 saturated carbocycles. The van der Waals surface area contributed by atoms with E-state index in [1.165, 1.54) is 6.07 Å². The number of rotatable bonds is 9. The SMILES string of the molecule is C[C@@H](NC(=O)c1ccc2c(n1)N(C(O)Nc1cccc(OC[C@@H](O)CO)n1)[C@H]1CCN2C1)C(F)(F)F. The number of alkyl halides is 3. The van der Waals surface area contributed by atoms with Crippen LogP contribution in [0.25, 0.3) is 0 Å². The first-order valence-electron chi connectivity index (χ1n) is 11.3. The van der Waals surface area contributed by atoms with Gasteiger partial charge in [-0.3, -0.25) is 4.79 Å². The average molecular weight is 512 g/mol. The quantitative estimate of drug-likeness (QED) is 0.304. The third-order valence-electron chi connectivity index (χ3n) is 5.97. The number of fused-ring (bicyclic) bond motifs is 4. The number of pyridine rings is 2. The molecular formula is C22H27F3N6O5. The number of amides is 1. The summed E-state index contributed by atoms with van der Waals surface area (Å²) in [6, 6.07) is 5.49. The lowest BCUT2D eigenvalue weighted by Gasteiger charge is -2.40. The maximum absolute atomic E-state index is 12.9. The number of aromatic nitrogens is 2. The third-order valence-corrected chi connectivity index (χ3v) is 5.97. The summed E-state index contributed by atoms with van der Waals surface area (Å²) in [4.78, 5) is 24.6. The summed E-state index contributed by atoms with van der Waals surface area (Å²) in [6.07, 6.45) is -6.31. The first kappa shape index (κ1) is 25.7. The number of anilines is 3. The molecule has 1 amide bonds. The fraction of sp³-hybridized carbons (Fsp3) is 0.500. The van der Waals surface area contributed by atoms with E-state index in [9.17, 15) is 28.2 Å². The Morgan fingerprint density at radius 2 is 2.03 bits per heavy atom. The Bertz CT molecular complexity index is 1090. The number of ether oxygens (including phenoxy) is 1. The second-order valence-electron chi connectivity index (χ2n) is 8.60. The van der Waals surface area contributed by atoms with Gasteiger partial charge in [0.05, 0.1) is 18.3 Å². The number of hydrogen-bond donors (Lipinski definition) is 5. The lowest BCUT2D eigenvalue weighted by molar-refractivity contribution is -0.149. The summed E-state index contributed by atoms with van der Waals surface area (Å²) >= 11 is 0. The van der Waals surface area contributed by atoms with Gasteiger partial charge in [0.2, 0.25) is 12.2 Å². The minimum Gasteiger partial charge on any atom is -0.475 e. The van der Waals surface area contributed by atoms with Crippen LogP contribution in [-0.2, 0) is 0 Å². The molecule has 4 heterocycles. The standard InChI is InChI=1S/C22H27F3N6O5/c1-12(22(23,24)25)26-20(34)15-5-6-16-19(27-15)31(13-7-8-30(16)9-13)21(35)29-17-3-2-4-18(28-17)36-11-14(33)10-32/h2-6,12-14,21,32-33,35H,7-11H2,1H3,(H,26,34)(H,28,29)/t12-,13+,14+,21?/m1/s1. The molecule has 4 rings (SSSR count). The number of carbonyl (C=O) groups is 1. The molecular weight excluding hydrogens is 485 g/mol. The van der Waals surface area contributed by atoms with Crippen LogP contribution in [-0.4, -0.2) is 88.2 Å². The molecule has 0 radical (unpaired) electrons. The van der Waals surface area contributed by atoms with Gasteiger partial charge in [-0.1, -0.05) is 6.07 Å². The summed E-state index contributed by atoms with van der Waals surface area (Å²) in [6.45, 7) is 1.49. The summed E-state index contributed by atoms with van der Waals surface area (Å²) in [5, 5.41) is 34.2. The Hall–Kier alpha value is -3.36. The van der Waals surface area contributed by atoms with Crippen LogP contribution < -0.4 is 25.2 Å². The molecule has 1 fully saturated rings. The molecule has 14 heteroatoms. The van der Waals surface area contributed by atoms with E-state index in [-0.39, 0.29) is 35.9 Å². The van der Waals surface area contributed by atoms with E-state index in [1.54, 1.807) is 29.2 Å². The van der Waals surface area contributed by atoms with Gasteiger partial charge in [-0.25, -0.2) is 4.98 Å². The molecule has 1 saturated heterocycles. The van der Waals surface area contributed by atoms with Crippen molar-refractivity contribution in [2.45, 2.75) is 44.1 Å². The number of nitrogens with zero attached hydrogens (tertiary/aromatic N) is 4. The Balaban J connectivity index is 1.54. The van der Waals surface area contributed by atoms with E-state index >= 15 is 0 Å². The molecule has 0 aromatic carbocycles. The van der Waals surface area contributed by atoms with Crippen LogP contribution in [0.2, 0.25) is 0 Å². The lowest BCUT2D eigenvalue weighted by atomic mass is 10.1. The van der Waals surface area contributed by atoms with Crippen molar-refractivity contribution in [3.63, 3.8) is 0 Å². The zero-order chi connectivity index (χ0) is 26.0. The van der Waals surface area contributed by atoms with Crippen LogP contribution in [0.4, 0.5) is 30.5 Å². The fourth-order valence-corrected chi connectivity index (χ4v) is 4.04. The van der Waals surface area contributed by atoms with Gasteiger partial charge in [0, 0.05) is 19.2 Å². The molecule has 5 N–H and O–H groups in total. The van der Waals surface area contributed by atoms with Crippen LogP contribution in [0.5, 0.6) is 5.88 Å². The summed E-state index contributed by atoms with van der Waals surface area (Å²) in [7, 11) is 0. The van der Waals surface area contributed by atoms with Crippen molar-refractivity contribution in [1.29, 1.82) is 0 Å². The van der Waals surface area contributed by atoms with Crippen molar-refractivity contribution in [1.82, 2.24) is 15.3 Å². The topological polar surface area (TPSA) is 143 Å². The number of aliphatic hydroxyl groups is 3. The Labute approximate surface area is 204 Å². The van der Waals surface area contributed by atoms with Crippen LogP contribution in [0.3, 0.4) is 0 Å². The number of carbonyl (C=O) groups excluding carboxylic acids is 1. The fourth-order valence-electron chi connectivity index (χ4n) is 4.04. The number of aliphatic hydroxyl groups excluding tert-OH is 3. The summed E-state index contributed by atoms with van der Waals surface area (Å²) in [5.41, 5.74) is 0.438. The van der Waals surface area contributed by atoms with Gasteiger partial charge in [-0.05, 0) is 31.5 Å². The van der Waals surface area contributed by atoms with E-state index in [2.05, 4.69) is 15.3 Å². The van der Waals surface area contributed by atoms with Crippen LogP contribution in [0.1, 0.15) is 23.8 Å². The molecule has 2 aromatic heterocycles. The highest BCUT2D eigenvalue weighted by atomic mass is 19.4. The number of halogens is 3. The summed E-state index contributed by atoms with van der Waals surface area (Å²) in [5.74, 6) is -0.320. The molecule has 196 valence electrons. The normalized spacial score (nSPS) is 19.4. The van der Waals surface area contributed by atoms with Gasteiger partial charge in [0.1, 0.15) is 30.3 Å². The predicted octanol–water partition coefficient (Wildman–Crippen LogP) is 0.676. The van der Waals surface area contributed by atoms with Crippen molar-refractivity contribution >= 4 is 23.2 Å². The van der Waals surface area contributed by atoms with E-state index in [0.717, 1.165) is 6.92 Å². The van der Waals surface area contributed by atoms with Crippen molar-refractivity contribution in [3.05, 3.63) is 36.0 Å². The predicted molar refractivity (Wildman–Crippen MR) is 123 cm³/mol. The van der Waals surface area contributed by atoms with Gasteiger partial charge in [0.15, 0.2) is 5.82 Å². The maximum atomic E-state index is 12.9. The van der Waals surface area contributed by atoms with Crippen molar-refractivity contribution < 1.29 is 38.0 Å². The first-order chi connectivity index (χ1) is 17.1. The highest BCUT2D eigenvalue weighted by Gasteiger charge is 2.41. The molecule has 2 aliphatic rings.